The van der Waals surface area contributed by atoms with Gasteiger partial charge in [0.15, 0.2) is 0 Å². The van der Waals surface area contributed by atoms with Crippen LogP contribution in [0.25, 0.3) is 0 Å². The summed E-state index contributed by atoms with van der Waals surface area (Å²) in [6.45, 7) is 2.70. The molecule has 6 nitrogen and oxygen atoms in total. The highest BCUT2D eigenvalue weighted by atomic mass is 32.1. The average Bonchev–Trinajstić information content (AvgIpc) is 3.19. The molecule has 1 aliphatic rings. The number of carbonyl (C=O) groups excluding carboxylic acids is 2. The van der Waals surface area contributed by atoms with E-state index in [4.69, 9.17) is 4.42 Å². The zero-order valence-corrected chi connectivity index (χ0v) is 13.5. The molecule has 0 radical (unpaired) electrons. The molecule has 0 bridgehead atoms. The van der Waals surface area contributed by atoms with Crippen molar-refractivity contribution >= 4 is 23.2 Å². The Kier molecular flexibility index (Phi) is 5.09. The van der Waals surface area contributed by atoms with E-state index in [0.29, 0.717) is 12.3 Å². The Morgan fingerprint density at radius 3 is 2.70 bits per heavy atom. The number of nitrogens with zero attached hydrogens (tertiary/aromatic N) is 1. The lowest BCUT2D eigenvalue weighted by atomic mass is 10.0. The Balaban J connectivity index is 1.49. The van der Waals surface area contributed by atoms with Gasteiger partial charge in [-0.1, -0.05) is 0 Å². The fourth-order valence-corrected chi connectivity index (χ4v) is 3.21. The quantitative estimate of drug-likeness (QED) is 0.786. The van der Waals surface area contributed by atoms with Crippen LogP contribution in [0.5, 0.6) is 0 Å². The summed E-state index contributed by atoms with van der Waals surface area (Å²) in [6.07, 6.45) is 2.71. The van der Waals surface area contributed by atoms with Crippen LogP contribution in [0, 0.1) is 0 Å². The molecule has 1 fully saturated rings. The summed E-state index contributed by atoms with van der Waals surface area (Å²) in [5.41, 5.74) is 1.19. The van der Waals surface area contributed by atoms with Crippen LogP contribution in [0.4, 0.5) is 0 Å². The van der Waals surface area contributed by atoms with E-state index in [-0.39, 0.29) is 12.6 Å². The molecular weight excluding hydrogens is 314 g/mol. The Morgan fingerprint density at radius 1 is 1.26 bits per heavy atom. The van der Waals surface area contributed by atoms with E-state index in [1.165, 1.54) is 18.2 Å². The van der Waals surface area contributed by atoms with Crippen LogP contribution in [0.3, 0.4) is 0 Å². The molecule has 122 valence electrons. The maximum atomic E-state index is 11.9. The lowest BCUT2D eigenvalue weighted by Gasteiger charge is -2.38. The highest BCUT2D eigenvalue weighted by Crippen LogP contribution is 2.26. The van der Waals surface area contributed by atoms with Crippen LogP contribution in [-0.2, 0) is 16.1 Å². The molecule has 7 heteroatoms. The lowest BCUT2D eigenvalue weighted by molar-refractivity contribution is -0.139. The smallest absolute Gasteiger partial charge is 0.309 e. The summed E-state index contributed by atoms with van der Waals surface area (Å²) in [4.78, 5) is 26.1. The standard InChI is InChI=1S/C16H19N3O3S/c20-15(17-9-13-3-1-7-22-13)16(21)18-10-14(19-5-2-6-19)12-4-8-23-11-12/h1,3-4,7-8,11,14H,2,5-6,9-10H2,(H,17,20)(H,18,21). The summed E-state index contributed by atoms with van der Waals surface area (Å²) < 4.78 is 5.11. The number of amides is 2. The van der Waals surface area contributed by atoms with Crippen molar-refractivity contribution in [3.63, 3.8) is 0 Å². The van der Waals surface area contributed by atoms with Crippen LogP contribution in [0.15, 0.2) is 39.6 Å². The van der Waals surface area contributed by atoms with Gasteiger partial charge in [0.25, 0.3) is 0 Å². The van der Waals surface area contributed by atoms with Gasteiger partial charge in [0.2, 0.25) is 0 Å². The fourth-order valence-electron chi connectivity index (χ4n) is 2.51. The minimum atomic E-state index is -0.644. The molecule has 0 saturated carbocycles. The molecule has 23 heavy (non-hydrogen) atoms. The molecular formula is C16H19N3O3S. The third-order valence-electron chi connectivity index (χ3n) is 3.92. The summed E-state index contributed by atoms with van der Waals surface area (Å²) in [7, 11) is 0. The fraction of sp³-hybridized carbons (Fsp3) is 0.375. The van der Waals surface area contributed by atoms with Gasteiger partial charge in [-0.3, -0.25) is 14.5 Å². The predicted octanol–water partition coefficient (Wildman–Crippen LogP) is 1.52. The zero-order valence-electron chi connectivity index (χ0n) is 12.7. The van der Waals surface area contributed by atoms with E-state index in [1.807, 2.05) is 5.38 Å². The summed E-state index contributed by atoms with van der Waals surface area (Å²) in [6, 6.07) is 5.68. The van der Waals surface area contributed by atoms with Crippen LogP contribution >= 0.6 is 11.3 Å². The van der Waals surface area contributed by atoms with E-state index >= 15 is 0 Å². The van der Waals surface area contributed by atoms with Gasteiger partial charge in [0.1, 0.15) is 5.76 Å². The predicted molar refractivity (Wildman–Crippen MR) is 86.8 cm³/mol. The minimum Gasteiger partial charge on any atom is -0.467 e. The van der Waals surface area contributed by atoms with Gasteiger partial charge in [0.05, 0.1) is 18.8 Å². The van der Waals surface area contributed by atoms with Crippen molar-refractivity contribution in [1.82, 2.24) is 15.5 Å². The van der Waals surface area contributed by atoms with Crippen LogP contribution in [0.2, 0.25) is 0 Å². The molecule has 3 rings (SSSR count). The van der Waals surface area contributed by atoms with Gasteiger partial charge >= 0.3 is 11.8 Å². The van der Waals surface area contributed by atoms with Crippen molar-refractivity contribution < 1.29 is 14.0 Å². The molecule has 3 heterocycles. The molecule has 1 unspecified atom stereocenters. The zero-order chi connectivity index (χ0) is 16.1. The van der Waals surface area contributed by atoms with Gasteiger partial charge in [0, 0.05) is 19.6 Å². The molecule has 2 N–H and O–H groups in total. The highest BCUT2D eigenvalue weighted by Gasteiger charge is 2.26. The van der Waals surface area contributed by atoms with E-state index < -0.39 is 11.8 Å². The molecule has 1 atom stereocenters. The van der Waals surface area contributed by atoms with Crippen molar-refractivity contribution in [2.75, 3.05) is 19.6 Å². The molecule has 1 aliphatic heterocycles. The van der Waals surface area contributed by atoms with Gasteiger partial charge in [-0.15, -0.1) is 0 Å². The first-order valence-electron chi connectivity index (χ1n) is 7.58. The number of nitrogens with one attached hydrogen (secondary N) is 2. The topological polar surface area (TPSA) is 74.6 Å². The first kappa shape index (κ1) is 15.8. The number of rotatable bonds is 6. The van der Waals surface area contributed by atoms with Crippen molar-refractivity contribution in [2.45, 2.75) is 19.0 Å². The van der Waals surface area contributed by atoms with Gasteiger partial charge < -0.3 is 15.1 Å². The van der Waals surface area contributed by atoms with E-state index in [9.17, 15) is 9.59 Å². The summed E-state index contributed by atoms with van der Waals surface area (Å²) in [5.74, 6) is -0.644. The third-order valence-corrected chi connectivity index (χ3v) is 4.63. The number of hydrogen-bond donors (Lipinski definition) is 2. The number of likely N-dealkylation sites (tertiary alicyclic amines) is 1. The Labute approximate surface area is 138 Å². The first-order valence-corrected chi connectivity index (χ1v) is 8.53. The molecule has 0 aliphatic carbocycles. The molecule has 0 aromatic carbocycles. The van der Waals surface area contributed by atoms with Crippen molar-refractivity contribution in [1.29, 1.82) is 0 Å². The van der Waals surface area contributed by atoms with Gasteiger partial charge in [-0.2, -0.15) is 11.3 Å². The van der Waals surface area contributed by atoms with Gasteiger partial charge in [-0.05, 0) is 40.9 Å². The number of furan rings is 1. The van der Waals surface area contributed by atoms with E-state index in [1.54, 1.807) is 23.5 Å². The molecule has 1 saturated heterocycles. The molecule has 2 amide bonds. The third kappa shape index (κ3) is 4.00. The second kappa shape index (κ2) is 7.43. The second-order valence-corrected chi connectivity index (χ2v) is 6.21. The second-order valence-electron chi connectivity index (χ2n) is 5.43. The number of carbonyl (C=O) groups is 2. The van der Waals surface area contributed by atoms with Crippen LogP contribution in [-0.4, -0.2) is 36.3 Å². The number of hydrogen-bond acceptors (Lipinski definition) is 5. The first-order chi connectivity index (χ1) is 11.2. The van der Waals surface area contributed by atoms with Crippen molar-refractivity contribution in [3.05, 3.63) is 46.5 Å². The number of thiophene rings is 1. The van der Waals surface area contributed by atoms with E-state index in [2.05, 4.69) is 27.0 Å². The maximum absolute atomic E-state index is 11.9. The normalized spacial score (nSPS) is 15.7. The largest absolute Gasteiger partial charge is 0.467 e. The van der Waals surface area contributed by atoms with Crippen molar-refractivity contribution in [3.8, 4) is 0 Å². The minimum absolute atomic E-state index is 0.136. The van der Waals surface area contributed by atoms with E-state index in [0.717, 1.165) is 13.1 Å². The van der Waals surface area contributed by atoms with Crippen LogP contribution < -0.4 is 10.6 Å². The Hall–Kier alpha value is -2.12. The highest BCUT2D eigenvalue weighted by molar-refractivity contribution is 7.07. The van der Waals surface area contributed by atoms with Gasteiger partial charge in [-0.25, -0.2) is 0 Å². The molecule has 2 aromatic heterocycles. The summed E-state index contributed by atoms with van der Waals surface area (Å²) >= 11 is 1.64. The van der Waals surface area contributed by atoms with Crippen molar-refractivity contribution in [2.24, 2.45) is 0 Å². The monoisotopic (exact) mass is 333 g/mol. The molecule has 2 aromatic rings. The molecule has 0 spiro atoms. The SMILES string of the molecule is O=C(NCc1ccco1)C(=O)NCC(c1ccsc1)N1CCC1. The summed E-state index contributed by atoms with van der Waals surface area (Å²) in [5, 5.41) is 9.39. The Bertz CT molecular complexity index is 636. The average molecular weight is 333 g/mol. The maximum Gasteiger partial charge on any atom is 0.309 e. The van der Waals surface area contributed by atoms with Crippen LogP contribution in [0.1, 0.15) is 23.8 Å². The lowest BCUT2D eigenvalue weighted by Crippen LogP contribution is -2.47. The Morgan fingerprint density at radius 2 is 2.09 bits per heavy atom.